The topological polar surface area (TPSA) is 17.1 Å². The summed E-state index contributed by atoms with van der Waals surface area (Å²) in [6.45, 7) is 3.95. The monoisotopic (exact) mass is 168 g/mol. The van der Waals surface area contributed by atoms with Crippen molar-refractivity contribution in [3.63, 3.8) is 0 Å². The zero-order valence-electron chi connectivity index (χ0n) is 6.83. The standard InChI is InChI=1S/C9H12OS/c1-3-11(10)9-6-4-8(2)5-7-9/h4-7H,3H2,1-2H3/t11-/m1/s1. The normalized spacial score (nSPS) is 12.9. The maximum atomic E-state index is 11.2. The quantitative estimate of drug-likeness (QED) is 0.661. The van der Waals surface area contributed by atoms with Crippen LogP contribution in [0.4, 0.5) is 0 Å². The van der Waals surface area contributed by atoms with Gasteiger partial charge in [0, 0.05) is 10.6 Å². The van der Waals surface area contributed by atoms with Crippen LogP contribution >= 0.6 is 0 Å². The van der Waals surface area contributed by atoms with Gasteiger partial charge in [-0.05, 0) is 19.1 Å². The van der Waals surface area contributed by atoms with Crippen molar-refractivity contribution < 1.29 is 4.21 Å². The van der Waals surface area contributed by atoms with Crippen LogP contribution in [0, 0.1) is 6.92 Å². The summed E-state index contributed by atoms with van der Waals surface area (Å²) in [5.41, 5.74) is 1.21. The Labute approximate surface area is 69.9 Å². The Hall–Kier alpha value is -0.630. The Bertz CT molecular complexity index is 251. The number of benzene rings is 1. The largest absolute Gasteiger partial charge is 0.254 e. The highest BCUT2D eigenvalue weighted by molar-refractivity contribution is 7.85. The van der Waals surface area contributed by atoms with E-state index < -0.39 is 10.8 Å². The molecule has 0 aromatic heterocycles. The van der Waals surface area contributed by atoms with Crippen LogP contribution in [0.25, 0.3) is 0 Å². The Balaban J connectivity index is 2.90. The highest BCUT2D eigenvalue weighted by Gasteiger charge is 1.97. The van der Waals surface area contributed by atoms with Crippen molar-refractivity contribution in [1.29, 1.82) is 0 Å². The third kappa shape index (κ3) is 2.15. The van der Waals surface area contributed by atoms with Gasteiger partial charge in [-0.25, -0.2) is 0 Å². The highest BCUT2D eigenvalue weighted by Crippen LogP contribution is 2.07. The maximum Gasteiger partial charge on any atom is 0.0526 e. The Kier molecular flexibility index (Phi) is 2.83. The lowest BCUT2D eigenvalue weighted by molar-refractivity contribution is 0.684. The first-order chi connectivity index (χ1) is 5.24. The van der Waals surface area contributed by atoms with Crippen molar-refractivity contribution in [2.75, 3.05) is 5.75 Å². The summed E-state index contributed by atoms with van der Waals surface area (Å²) in [5, 5.41) is 0. The lowest BCUT2D eigenvalue weighted by atomic mass is 10.2. The predicted molar refractivity (Wildman–Crippen MR) is 48.1 cm³/mol. The van der Waals surface area contributed by atoms with Crippen molar-refractivity contribution in [1.82, 2.24) is 0 Å². The fraction of sp³-hybridized carbons (Fsp3) is 0.333. The molecule has 0 saturated heterocycles. The van der Waals surface area contributed by atoms with Gasteiger partial charge in [-0.1, -0.05) is 24.6 Å². The molecule has 0 bridgehead atoms. The van der Waals surface area contributed by atoms with Gasteiger partial charge in [0.05, 0.1) is 10.8 Å². The summed E-state index contributed by atoms with van der Waals surface area (Å²) >= 11 is 0. The molecule has 0 heterocycles. The molecule has 60 valence electrons. The van der Waals surface area contributed by atoms with E-state index in [1.54, 1.807) is 0 Å². The minimum atomic E-state index is -0.799. The summed E-state index contributed by atoms with van der Waals surface area (Å²) in [5.74, 6) is 0.697. The molecule has 0 saturated carbocycles. The van der Waals surface area contributed by atoms with E-state index in [0.29, 0.717) is 5.75 Å². The van der Waals surface area contributed by atoms with Gasteiger partial charge in [0.25, 0.3) is 0 Å². The first-order valence-electron chi connectivity index (χ1n) is 3.69. The van der Waals surface area contributed by atoms with E-state index in [2.05, 4.69) is 0 Å². The van der Waals surface area contributed by atoms with Gasteiger partial charge in [-0.2, -0.15) is 0 Å². The van der Waals surface area contributed by atoms with Gasteiger partial charge < -0.3 is 0 Å². The average molecular weight is 168 g/mol. The van der Waals surface area contributed by atoms with E-state index >= 15 is 0 Å². The van der Waals surface area contributed by atoms with E-state index in [4.69, 9.17) is 0 Å². The van der Waals surface area contributed by atoms with Crippen molar-refractivity contribution in [3.05, 3.63) is 29.8 Å². The molecule has 0 aliphatic carbocycles. The molecule has 0 spiro atoms. The van der Waals surface area contributed by atoms with Gasteiger partial charge in [0.15, 0.2) is 0 Å². The highest BCUT2D eigenvalue weighted by atomic mass is 32.2. The van der Waals surface area contributed by atoms with Gasteiger partial charge in [-0.3, -0.25) is 4.21 Å². The lowest BCUT2D eigenvalue weighted by Gasteiger charge is -1.97. The first kappa shape index (κ1) is 8.47. The second-order valence-corrected chi connectivity index (χ2v) is 4.19. The van der Waals surface area contributed by atoms with Crippen LogP contribution in [-0.2, 0) is 10.8 Å². The molecule has 0 fully saturated rings. The Morgan fingerprint density at radius 1 is 1.27 bits per heavy atom. The fourth-order valence-electron chi connectivity index (χ4n) is 0.857. The van der Waals surface area contributed by atoms with E-state index in [1.807, 2.05) is 38.1 Å². The van der Waals surface area contributed by atoms with Crippen molar-refractivity contribution in [3.8, 4) is 0 Å². The fourth-order valence-corrected chi connectivity index (χ4v) is 1.63. The summed E-state index contributed by atoms with van der Waals surface area (Å²) in [6, 6.07) is 7.83. The first-order valence-corrected chi connectivity index (χ1v) is 5.01. The van der Waals surface area contributed by atoms with Crippen LogP contribution < -0.4 is 0 Å². The number of hydrogen-bond donors (Lipinski definition) is 0. The van der Waals surface area contributed by atoms with Gasteiger partial charge in [0.1, 0.15) is 0 Å². The molecule has 11 heavy (non-hydrogen) atoms. The molecule has 0 aliphatic rings. The van der Waals surface area contributed by atoms with Crippen LogP contribution in [-0.4, -0.2) is 9.96 Å². The SMILES string of the molecule is CC[S@@](=O)c1ccc(C)cc1. The lowest BCUT2D eigenvalue weighted by Crippen LogP contribution is -1.92. The van der Waals surface area contributed by atoms with Gasteiger partial charge >= 0.3 is 0 Å². The average Bonchev–Trinajstić information content (AvgIpc) is 2.05. The summed E-state index contributed by atoms with van der Waals surface area (Å²) in [4.78, 5) is 0.929. The summed E-state index contributed by atoms with van der Waals surface area (Å²) in [6.07, 6.45) is 0. The molecule has 1 aromatic rings. The molecule has 0 radical (unpaired) electrons. The second-order valence-electron chi connectivity index (χ2n) is 2.45. The zero-order chi connectivity index (χ0) is 8.27. The molecular formula is C9H12OS. The number of aryl methyl sites for hydroxylation is 1. The van der Waals surface area contributed by atoms with E-state index in [-0.39, 0.29) is 0 Å². The molecule has 1 aromatic carbocycles. The van der Waals surface area contributed by atoms with E-state index in [0.717, 1.165) is 4.90 Å². The Morgan fingerprint density at radius 2 is 1.82 bits per heavy atom. The smallest absolute Gasteiger partial charge is 0.0526 e. The third-order valence-corrected chi connectivity index (χ3v) is 2.87. The molecule has 2 heteroatoms. The summed E-state index contributed by atoms with van der Waals surface area (Å²) in [7, 11) is -0.799. The minimum Gasteiger partial charge on any atom is -0.254 e. The molecule has 0 amide bonds. The van der Waals surface area contributed by atoms with Crippen molar-refractivity contribution in [2.45, 2.75) is 18.7 Å². The summed E-state index contributed by atoms with van der Waals surface area (Å²) < 4.78 is 11.2. The molecule has 0 N–H and O–H groups in total. The molecule has 0 aliphatic heterocycles. The third-order valence-electron chi connectivity index (χ3n) is 1.55. The number of rotatable bonds is 2. The molecule has 0 unspecified atom stereocenters. The van der Waals surface area contributed by atoms with Crippen molar-refractivity contribution in [2.24, 2.45) is 0 Å². The van der Waals surface area contributed by atoms with E-state index in [9.17, 15) is 4.21 Å². The van der Waals surface area contributed by atoms with E-state index in [1.165, 1.54) is 5.56 Å². The van der Waals surface area contributed by atoms with Crippen molar-refractivity contribution >= 4 is 10.8 Å². The predicted octanol–water partition coefficient (Wildman–Crippen LogP) is 2.12. The molecule has 1 atom stereocenters. The maximum absolute atomic E-state index is 11.2. The van der Waals surface area contributed by atoms with Gasteiger partial charge in [0.2, 0.25) is 0 Å². The second kappa shape index (κ2) is 3.67. The molecule has 1 nitrogen and oxygen atoms in total. The molecule has 1 rings (SSSR count). The van der Waals surface area contributed by atoms with Crippen LogP contribution in [0.5, 0.6) is 0 Å². The minimum absolute atomic E-state index is 0.697. The van der Waals surface area contributed by atoms with Crippen LogP contribution in [0.2, 0.25) is 0 Å². The van der Waals surface area contributed by atoms with Crippen LogP contribution in [0.15, 0.2) is 29.2 Å². The zero-order valence-corrected chi connectivity index (χ0v) is 7.65. The van der Waals surface area contributed by atoms with Crippen LogP contribution in [0.1, 0.15) is 12.5 Å². The van der Waals surface area contributed by atoms with Crippen LogP contribution in [0.3, 0.4) is 0 Å². The Morgan fingerprint density at radius 3 is 2.27 bits per heavy atom. The molecular weight excluding hydrogens is 156 g/mol. The number of hydrogen-bond acceptors (Lipinski definition) is 1. The van der Waals surface area contributed by atoms with Gasteiger partial charge in [-0.15, -0.1) is 0 Å².